The van der Waals surface area contributed by atoms with Crippen LogP contribution in [-0.2, 0) is 0 Å². The van der Waals surface area contributed by atoms with Gasteiger partial charge in [0.15, 0.2) is 0 Å². The van der Waals surface area contributed by atoms with Crippen LogP contribution in [0.2, 0.25) is 0 Å². The van der Waals surface area contributed by atoms with E-state index in [1.165, 1.54) is 66.4 Å². The summed E-state index contributed by atoms with van der Waals surface area (Å²) in [6, 6.07) is 80.7. The third-order valence-electron chi connectivity index (χ3n) is 10.1. The van der Waals surface area contributed by atoms with Crippen LogP contribution < -0.4 is 4.90 Å². The van der Waals surface area contributed by atoms with E-state index in [0.29, 0.717) is 0 Å². The highest BCUT2D eigenvalue weighted by atomic mass is 15.1. The zero-order valence-corrected chi connectivity index (χ0v) is 29.3. The first kappa shape index (κ1) is 32.0. The van der Waals surface area contributed by atoms with Crippen LogP contribution in [0.1, 0.15) is 0 Å². The van der Waals surface area contributed by atoms with Gasteiger partial charge in [0, 0.05) is 17.1 Å². The molecule has 0 atom stereocenters. The van der Waals surface area contributed by atoms with Gasteiger partial charge in [0.2, 0.25) is 0 Å². The summed E-state index contributed by atoms with van der Waals surface area (Å²) in [7, 11) is 0. The van der Waals surface area contributed by atoms with Crippen molar-refractivity contribution >= 4 is 27.8 Å². The average molecular weight is 676 g/mol. The molecular formula is C52H37N. The van der Waals surface area contributed by atoms with E-state index in [0.717, 1.165) is 17.1 Å². The Morgan fingerprint density at radius 1 is 0.226 bits per heavy atom. The van der Waals surface area contributed by atoms with E-state index in [2.05, 4.69) is 229 Å². The molecular weight excluding hydrogens is 639 g/mol. The zero-order valence-electron chi connectivity index (χ0n) is 29.3. The van der Waals surface area contributed by atoms with Gasteiger partial charge < -0.3 is 4.90 Å². The lowest BCUT2D eigenvalue weighted by Gasteiger charge is -2.26. The summed E-state index contributed by atoms with van der Waals surface area (Å²) >= 11 is 0. The van der Waals surface area contributed by atoms with Crippen LogP contribution in [0.3, 0.4) is 0 Å². The first-order chi connectivity index (χ1) is 26.3. The summed E-state index contributed by atoms with van der Waals surface area (Å²) in [6.45, 7) is 0. The van der Waals surface area contributed by atoms with Crippen molar-refractivity contribution in [3.05, 3.63) is 224 Å². The van der Waals surface area contributed by atoms with Crippen molar-refractivity contribution in [1.82, 2.24) is 0 Å². The van der Waals surface area contributed by atoms with Gasteiger partial charge in [-0.15, -0.1) is 0 Å². The Morgan fingerprint density at radius 2 is 0.566 bits per heavy atom. The molecule has 1 nitrogen and oxygen atoms in total. The Hall–Kier alpha value is -6.96. The molecule has 0 heterocycles. The number of fused-ring (bicyclic) bond motifs is 1. The molecule has 1 heteroatoms. The van der Waals surface area contributed by atoms with Gasteiger partial charge in [0.1, 0.15) is 0 Å². The molecule has 0 saturated heterocycles. The molecule has 0 aromatic heterocycles. The Kier molecular flexibility index (Phi) is 8.66. The summed E-state index contributed by atoms with van der Waals surface area (Å²) < 4.78 is 0. The molecule has 0 fully saturated rings. The molecule has 0 aliphatic heterocycles. The average Bonchev–Trinajstić information content (AvgIpc) is 3.25. The zero-order chi connectivity index (χ0) is 35.4. The van der Waals surface area contributed by atoms with E-state index in [-0.39, 0.29) is 0 Å². The molecule has 0 N–H and O–H groups in total. The first-order valence-electron chi connectivity index (χ1n) is 18.2. The van der Waals surface area contributed by atoms with Crippen LogP contribution in [0.25, 0.3) is 66.4 Å². The molecule has 0 radical (unpaired) electrons. The van der Waals surface area contributed by atoms with Crippen molar-refractivity contribution < 1.29 is 0 Å². The lowest BCUT2D eigenvalue weighted by molar-refractivity contribution is 1.28. The van der Waals surface area contributed by atoms with Crippen molar-refractivity contribution in [3.8, 4) is 55.6 Å². The predicted octanol–water partition coefficient (Wildman–Crippen LogP) is 14.6. The predicted molar refractivity (Wildman–Crippen MR) is 226 cm³/mol. The molecule has 0 aliphatic rings. The topological polar surface area (TPSA) is 3.24 Å². The third-order valence-corrected chi connectivity index (χ3v) is 10.1. The highest BCUT2D eigenvalue weighted by Crippen LogP contribution is 2.40. The maximum Gasteiger partial charge on any atom is 0.0462 e. The van der Waals surface area contributed by atoms with Crippen LogP contribution in [0.5, 0.6) is 0 Å². The maximum atomic E-state index is 2.34. The van der Waals surface area contributed by atoms with Crippen LogP contribution in [-0.4, -0.2) is 0 Å². The van der Waals surface area contributed by atoms with Gasteiger partial charge in [-0.2, -0.15) is 0 Å². The van der Waals surface area contributed by atoms with E-state index < -0.39 is 0 Å². The molecule has 0 saturated carbocycles. The van der Waals surface area contributed by atoms with Crippen LogP contribution in [0.4, 0.5) is 17.1 Å². The second-order valence-electron chi connectivity index (χ2n) is 13.4. The molecule has 250 valence electrons. The van der Waals surface area contributed by atoms with Gasteiger partial charge in [-0.1, -0.05) is 182 Å². The van der Waals surface area contributed by atoms with E-state index in [9.17, 15) is 0 Å². The lowest BCUT2D eigenvalue weighted by Crippen LogP contribution is -2.09. The molecule has 0 unspecified atom stereocenters. The fourth-order valence-electron chi connectivity index (χ4n) is 7.42. The number of hydrogen-bond donors (Lipinski definition) is 0. The van der Waals surface area contributed by atoms with Gasteiger partial charge >= 0.3 is 0 Å². The van der Waals surface area contributed by atoms with Crippen LogP contribution >= 0.6 is 0 Å². The molecule has 0 amide bonds. The molecule has 0 aliphatic carbocycles. The number of benzene rings is 9. The summed E-state index contributed by atoms with van der Waals surface area (Å²) in [4.78, 5) is 2.34. The molecule has 9 rings (SSSR count). The smallest absolute Gasteiger partial charge is 0.0462 e. The SMILES string of the molecule is c1ccc(-c2ccc(N(c3ccc(-c4ccccc4)cc3)c3ccc(-c4cccc(-c5cccc6cccc(-c7ccccc7)c56)c4)cc3)cc2)cc1. The summed E-state index contributed by atoms with van der Waals surface area (Å²) in [6.07, 6.45) is 0. The molecule has 9 aromatic carbocycles. The number of nitrogens with zero attached hydrogens (tertiary/aromatic N) is 1. The van der Waals surface area contributed by atoms with Gasteiger partial charge in [-0.3, -0.25) is 0 Å². The number of anilines is 3. The van der Waals surface area contributed by atoms with E-state index >= 15 is 0 Å². The minimum absolute atomic E-state index is 1.10. The largest absolute Gasteiger partial charge is 0.311 e. The van der Waals surface area contributed by atoms with E-state index in [1.54, 1.807) is 0 Å². The molecule has 9 aromatic rings. The fraction of sp³-hybridized carbons (Fsp3) is 0. The minimum atomic E-state index is 1.10. The van der Waals surface area contributed by atoms with Crippen LogP contribution in [0.15, 0.2) is 224 Å². The van der Waals surface area contributed by atoms with Crippen LogP contribution in [0, 0.1) is 0 Å². The number of rotatable bonds is 8. The fourth-order valence-corrected chi connectivity index (χ4v) is 7.42. The Bertz CT molecular complexity index is 2520. The van der Waals surface area contributed by atoms with Gasteiger partial charge in [-0.05, 0) is 109 Å². The van der Waals surface area contributed by atoms with Gasteiger partial charge in [-0.25, -0.2) is 0 Å². The van der Waals surface area contributed by atoms with E-state index in [1.807, 2.05) is 0 Å². The van der Waals surface area contributed by atoms with Gasteiger partial charge in [0.05, 0.1) is 0 Å². The standard InChI is InChI=1S/C52H37N/c1-4-13-38(14-5-1)40-25-31-47(32-26-40)53(48-33-27-41(28-34-48)39-15-6-2-7-16-39)49-35-29-42(30-36-49)45-21-10-22-46(37-45)51-24-12-20-44-19-11-23-50(52(44)51)43-17-8-3-9-18-43/h1-37H. The molecule has 0 bridgehead atoms. The van der Waals surface area contributed by atoms with Crippen molar-refractivity contribution in [2.75, 3.05) is 4.90 Å². The second kappa shape index (κ2) is 14.3. The van der Waals surface area contributed by atoms with Gasteiger partial charge in [0.25, 0.3) is 0 Å². The highest BCUT2D eigenvalue weighted by molar-refractivity contribution is 6.06. The molecule has 53 heavy (non-hydrogen) atoms. The van der Waals surface area contributed by atoms with Crippen molar-refractivity contribution in [3.63, 3.8) is 0 Å². The monoisotopic (exact) mass is 675 g/mol. The van der Waals surface area contributed by atoms with E-state index in [4.69, 9.17) is 0 Å². The summed E-state index contributed by atoms with van der Waals surface area (Å²) in [5.41, 5.74) is 15.4. The lowest BCUT2D eigenvalue weighted by atomic mass is 9.90. The second-order valence-corrected chi connectivity index (χ2v) is 13.4. The Morgan fingerprint density at radius 3 is 1.04 bits per heavy atom. The third kappa shape index (κ3) is 6.53. The van der Waals surface area contributed by atoms with Crippen molar-refractivity contribution in [1.29, 1.82) is 0 Å². The molecule has 0 spiro atoms. The first-order valence-corrected chi connectivity index (χ1v) is 18.2. The van der Waals surface area contributed by atoms with Crippen molar-refractivity contribution in [2.45, 2.75) is 0 Å². The maximum absolute atomic E-state index is 2.34. The minimum Gasteiger partial charge on any atom is -0.311 e. The normalized spacial score (nSPS) is 11.0. The quantitative estimate of drug-likeness (QED) is 0.155. The summed E-state index contributed by atoms with van der Waals surface area (Å²) in [5.74, 6) is 0. The highest BCUT2D eigenvalue weighted by Gasteiger charge is 2.15. The Balaban J connectivity index is 1.08. The van der Waals surface area contributed by atoms with Crippen molar-refractivity contribution in [2.24, 2.45) is 0 Å². The summed E-state index contributed by atoms with van der Waals surface area (Å²) in [5, 5.41) is 2.52. The Labute approximate surface area is 311 Å². The number of hydrogen-bond acceptors (Lipinski definition) is 1.